The average Bonchev–Trinajstić information content (AvgIpc) is 2.48. The molecule has 0 aromatic heterocycles. The highest BCUT2D eigenvalue weighted by Crippen LogP contribution is 2.47. The van der Waals surface area contributed by atoms with Crippen LogP contribution in [0.3, 0.4) is 0 Å². The maximum atomic E-state index is 13.2. The highest BCUT2D eigenvalue weighted by atomic mass is 19.4. The number of alkyl halides is 6. The number of hydrogen-bond acceptors (Lipinski definition) is 4. The van der Waals surface area contributed by atoms with Crippen LogP contribution in [0.5, 0.6) is 0 Å². The number of carbonyl (C=O) groups excluding carboxylic acids is 2. The summed E-state index contributed by atoms with van der Waals surface area (Å²) < 4.78 is 87.0. The summed E-state index contributed by atoms with van der Waals surface area (Å²) in [5.41, 5.74) is -6.11. The zero-order valence-corrected chi connectivity index (χ0v) is 13.4. The van der Waals surface area contributed by atoms with Crippen LogP contribution in [-0.2, 0) is 19.1 Å². The molecule has 0 heterocycles. The monoisotopic (exact) mass is 376 g/mol. The van der Waals surface area contributed by atoms with E-state index in [-0.39, 0.29) is 5.92 Å². The molecule has 0 N–H and O–H groups in total. The van der Waals surface area contributed by atoms with E-state index in [2.05, 4.69) is 16.1 Å². The van der Waals surface area contributed by atoms with Crippen LogP contribution in [0.2, 0.25) is 0 Å². The Morgan fingerprint density at radius 3 is 1.88 bits per heavy atom. The third-order valence-corrected chi connectivity index (χ3v) is 3.85. The molecule has 144 valence electrons. The lowest BCUT2D eigenvalue weighted by atomic mass is 9.90. The van der Waals surface area contributed by atoms with Crippen LogP contribution >= 0.6 is 0 Å². The maximum Gasteiger partial charge on any atom is 0.449 e. The molecule has 1 aliphatic carbocycles. The van der Waals surface area contributed by atoms with Crippen molar-refractivity contribution in [3.8, 4) is 0 Å². The van der Waals surface area contributed by atoms with E-state index in [9.17, 15) is 35.9 Å². The summed E-state index contributed by atoms with van der Waals surface area (Å²) in [6.45, 7) is 3.18. The molecule has 10 heteroatoms. The lowest BCUT2D eigenvalue weighted by Gasteiger charge is -2.34. The molecule has 1 aliphatic rings. The molecule has 0 atom stereocenters. The Bertz CT molecular complexity index is 503. The Kier molecular flexibility index (Phi) is 6.52. The third-order valence-electron chi connectivity index (χ3n) is 3.85. The van der Waals surface area contributed by atoms with E-state index in [0.717, 1.165) is 26.2 Å². The van der Waals surface area contributed by atoms with Crippen LogP contribution in [0.25, 0.3) is 0 Å². The van der Waals surface area contributed by atoms with Crippen molar-refractivity contribution in [3.05, 3.63) is 12.2 Å². The van der Waals surface area contributed by atoms with Crippen molar-refractivity contribution in [2.75, 3.05) is 6.61 Å². The Balaban J connectivity index is 3.12. The predicted molar refractivity (Wildman–Crippen MR) is 73.3 cm³/mol. The van der Waals surface area contributed by atoms with Gasteiger partial charge in [-0.15, -0.1) is 0 Å². The lowest BCUT2D eigenvalue weighted by Crippen LogP contribution is -2.65. The number of carbonyl (C=O) groups is 2. The summed E-state index contributed by atoms with van der Waals surface area (Å²) in [5.74, 6) is -5.02. The van der Waals surface area contributed by atoms with Gasteiger partial charge in [-0.1, -0.05) is 25.8 Å². The van der Waals surface area contributed by atoms with E-state index >= 15 is 0 Å². The maximum absolute atomic E-state index is 13.2. The second kappa shape index (κ2) is 7.65. The molecule has 0 bridgehead atoms. The number of ether oxygens (including phenoxy) is 2. The van der Waals surface area contributed by atoms with Crippen LogP contribution in [-0.4, -0.2) is 36.5 Å². The number of rotatable bonds is 5. The quantitative estimate of drug-likeness (QED) is 0.412. The van der Waals surface area contributed by atoms with Gasteiger partial charge in [-0.2, -0.15) is 26.3 Å². The van der Waals surface area contributed by atoms with E-state index in [1.165, 1.54) is 0 Å². The zero-order valence-electron chi connectivity index (χ0n) is 13.4. The minimum atomic E-state index is -6.25. The second-order valence-corrected chi connectivity index (χ2v) is 5.95. The SMILES string of the molecule is C=C(C)C(=O)OC(C(=O)OCC1CCCCC1)(C(F)(F)F)C(F)(F)F. The molecule has 0 aliphatic heterocycles. The fourth-order valence-corrected chi connectivity index (χ4v) is 2.42. The lowest BCUT2D eigenvalue weighted by molar-refractivity contribution is -0.358. The van der Waals surface area contributed by atoms with E-state index in [1.807, 2.05) is 0 Å². The molecule has 0 aromatic rings. The van der Waals surface area contributed by atoms with Crippen molar-refractivity contribution in [1.29, 1.82) is 0 Å². The predicted octanol–water partition coefficient (Wildman–Crippen LogP) is 4.09. The zero-order chi connectivity index (χ0) is 19.5. The minimum absolute atomic E-state index is 0.325. The molecular weight excluding hydrogens is 358 g/mol. The van der Waals surface area contributed by atoms with E-state index in [4.69, 9.17) is 0 Å². The molecule has 0 spiro atoms. The van der Waals surface area contributed by atoms with E-state index in [0.29, 0.717) is 12.8 Å². The molecular formula is C15H18F6O4. The van der Waals surface area contributed by atoms with Crippen molar-refractivity contribution in [1.82, 2.24) is 0 Å². The van der Waals surface area contributed by atoms with Crippen LogP contribution in [0.1, 0.15) is 39.0 Å². The fourth-order valence-electron chi connectivity index (χ4n) is 2.42. The molecule has 1 fully saturated rings. The van der Waals surface area contributed by atoms with Crippen LogP contribution in [0.4, 0.5) is 26.3 Å². The molecule has 0 saturated heterocycles. The largest absolute Gasteiger partial charge is 0.462 e. The van der Waals surface area contributed by atoms with Crippen molar-refractivity contribution < 1.29 is 45.4 Å². The first kappa shape index (κ1) is 21.3. The first-order chi connectivity index (χ1) is 11.3. The van der Waals surface area contributed by atoms with Crippen LogP contribution in [0.15, 0.2) is 12.2 Å². The molecule has 1 rings (SSSR count). The molecule has 0 amide bonds. The van der Waals surface area contributed by atoms with Gasteiger partial charge in [0.1, 0.15) is 0 Å². The fraction of sp³-hybridized carbons (Fsp3) is 0.733. The first-order valence-electron chi connectivity index (χ1n) is 7.52. The highest BCUT2D eigenvalue weighted by Gasteiger charge is 2.80. The van der Waals surface area contributed by atoms with Gasteiger partial charge in [0.15, 0.2) is 0 Å². The highest BCUT2D eigenvalue weighted by molar-refractivity contribution is 5.92. The average molecular weight is 376 g/mol. The molecule has 0 aromatic carbocycles. The molecule has 0 unspecified atom stereocenters. The van der Waals surface area contributed by atoms with Gasteiger partial charge in [-0.05, 0) is 25.7 Å². The summed E-state index contributed by atoms with van der Waals surface area (Å²) >= 11 is 0. The van der Waals surface area contributed by atoms with Crippen LogP contribution in [0, 0.1) is 5.92 Å². The number of halogens is 6. The molecule has 1 saturated carbocycles. The summed E-state index contributed by atoms with van der Waals surface area (Å²) in [6.07, 6.45) is -9.05. The summed E-state index contributed by atoms with van der Waals surface area (Å²) in [4.78, 5) is 23.1. The topological polar surface area (TPSA) is 52.6 Å². The van der Waals surface area contributed by atoms with E-state index in [1.54, 1.807) is 0 Å². The van der Waals surface area contributed by atoms with Gasteiger partial charge in [-0.3, -0.25) is 0 Å². The van der Waals surface area contributed by atoms with Crippen molar-refractivity contribution in [3.63, 3.8) is 0 Å². The Morgan fingerprint density at radius 2 is 1.48 bits per heavy atom. The van der Waals surface area contributed by atoms with Gasteiger partial charge < -0.3 is 9.47 Å². The van der Waals surface area contributed by atoms with Gasteiger partial charge in [-0.25, -0.2) is 9.59 Å². The summed E-state index contributed by atoms with van der Waals surface area (Å²) in [5, 5.41) is 0. The summed E-state index contributed by atoms with van der Waals surface area (Å²) in [7, 11) is 0. The van der Waals surface area contributed by atoms with Gasteiger partial charge >= 0.3 is 29.9 Å². The Labute approximate surface area is 140 Å². The Hall–Kier alpha value is -1.74. The molecule has 0 radical (unpaired) electrons. The second-order valence-electron chi connectivity index (χ2n) is 5.95. The van der Waals surface area contributed by atoms with Crippen molar-refractivity contribution >= 4 is 11.9 Å². The van der Waals surface area contributed by atoms with Gasteiger partial charge in [0, 0.05) is 5.57 Å². The third kappa shape index (κ3) is 4.66. The van der Waals surface area contributed by atoms with Gasteiger partial charge in [0.05, 0.1) is 6.61 Å². The standard InChI is InChI=1S/C15H18F6O4/c1-9(2)11(22)25-13(14(16,17)18,15(19,20)21)12(23)24-8-10-6-4-3-5-7-10/h10H,1,3-8H2,2H3. The molecule has 25 heavy (non-hydrogen) atoms. The summed E-state index contributed by atoms with van der Waals surface area (Å²) in [6, 6.07) is 0. The van der Waals surface area contributed by atoms with Gasteiger partial charge in [0.25, 0.3) is 0 Å². The van der Waals surface area contributed by atoms with Crippen LogP contribution < -0.4 is 0 Å². The Morgan fingerprint density at radius 1 is 1.00 bits per heavy atom. The van der Waals surface area contributed by atoms with E-state index < -0.39 is 42.1 Å². The van der Waals surface area contributed by atoms with Crippen molar-refractivity contribution in [2.24, 2.45) is 5.92 Å². The number of hydrogen-bond donors (Lipinski definition) is 0. The molecule has 4 nitrogen and oxygen atoms in total. The smallest absolute Gasteiger partial charge is 0.449 e. The number of esters is 2. The first-order valence-corrected chi connectivity index (χ1v) is 7.52. The van der Waals surface area contributed by atoms with Crippen molar-refractivity contribution in [2.45, 2.75) is 57.0 Å². The normalized spacial score (nSPS) is 17.1. The minimum Gasteiger partial charge on any atom is -0.462 e. The van der Waals surface area contributed by atoms with Gasteiger partial charge in [0.2, 0.25) is 0 Å².